The molecule has 0 spiro atoms. The summed E-state index contributed by atoms with van der Waals surface area (Å²) < 4.78 is 11.5. The molecule has 1 aliphatic heterocycles. The molecule has 2 amide bonds. The summed E-state index contributed by atoms with van der Waals surface area (Å²) in [5, 5.41) is 0. The van der Waals surface area contributed by atoms with Crippen LogP contribution in [0.3, 0.4) is 0 Å². The molecule has 0 N–H and O–H groups in total. The summed E-state index contributed by atoms with van der Waals surface area (Å²) in [5.74, 6) is 0.291. The topological polar surface area (TPSA) is 63.4 Å². The molecule has 0 radical (unpaired) electrons. The van der Waals surface area contributed by atoms with Crippen molar-refractivity contribution in [3.8, 4) is 11.1 Å². The predicted molar refractivity (Wildman–Crippen MR) is 136 cm³/mol. The van der Waals surface area contributed by atoms with Crippen LogP contribution in [0, 0.1) is 12.5 Å². The number of benzene rings is 2. The molecule has 186 valence electrons. The van der Waals surface area contributed by atoms with Crippen LogP contribution in [-0.2, 0) is 16.1 Å². The Hall–Kier alpha value is -3.37. The molecule has 0 saturated carbocycles. The van der Waals surface area contributed by atoms with Crippen molar-refractivity contribution in [2.45, 2.75) is 45.8 Å². The number of likely N-dealkylation sites (tertiary alicyclic amines) is 1. The molecule has 3 rings (SSSR count). The van der Waals surface area contributed by atoms with E-state index in [0.717, 1.165) is 29.5 Å². The molecule has 2 aromatic carbocycles. The average Bonchev–Trinajstić information content (AvgIpc) is 2.82. The predicted octanol–water partition coefficient (Wildman–Crippen LogP) is 5.77. The summed E-state index contributed by atoms with van der Waals surface area (Å²) in [5.41, 5.74) is 3.34. The van der Waals surface area contributed by atoms with Gasteiger partial charge >= 0.3 is 6.09 Å². The van der Waals surface area contributed by atoms with Gasteiger partial charge in [0.25, 0.3) is 5.91 Å². The standard InChI is InChI=1S/C28H35N3O4/c1-28(2,3)35-27(33)31-12-10-20(11-13-31)18-34-19-21-14-23(16-24(15-21)26(32)30(5)6)22-8-7-9-25(17-22)29-4/h7-9,14-17,20H,10-13,18-19H2,1-3,5-6H3. The van der Waals surface area contributed by atoms with Crippen molar-refractivity contribution in [3.63, 3.8) is 0 Å². The zero-order chi connectivity index (χ0) is 25.6. The van der Waals surface area contributed by atoms with E-state index < -0.39 is 5.60 Å². The van der Waals surface area contributed by atoms with Gasteiger partial charge in [0.2, 0.25) is 0 Å². The second-order valence-corrected chi connectivity index (χ2v) is 10.2. The molecule has 0 bridgehead atoms. The summed E-state index contributed by atoms with van der Waals surface area (Å²) in [6.45, 7) is 15.2. The second kappa shape index (κ2) is 11.4. The summed E-state index contributed by atoms with van der Waals surface area (Å²) in [6, 6.07) is 13.1. The van der Waals surface area contributed by atoms with Crippen molar-refractivity contribution in [1.82, 2.24) is 9.80 Å². The minimum Gasteiger partial charge on any atom is -0.444 e. The lowest BCUT2D eigenvalue weighted by Gasteiger charge is -2.33. The van der Waals surface area contributed by atoms with Gasteiger partial charge in [-0.3, -0.25) is 4.79 Å². The molecular formula is C28H35N3O4. The van der Waals surface area contributed by atoms with Crippen molar-refractivity contribution in [2.75, 3.05) is 33.8 Å². The number of ether oxygens (including phenoxy) is 2. The number of carbonyl (C=O) groups is 2. The SMILES string of the molecule is [C-]#[N+]c1cccc(-c2cc(COCC3CCN(C(=O)OC(C)(C)C)CC3)cc(C(=O)N(C)C)c2)c1. The Morgan fingerprint density at radius 3 is 2.43 bits per heavy atom. The van der Waals surface area contributed by atoms with Gasteiger partial charge in [-0.1, -0.05) is 18.2 Å². The first-order valence-corrected chi connectivity index (χ1v) is 11.9. The van der Waals surface area contributed by atoms with Crippen molar-refractivity contribution < 1.29 is 19.1 Å². The van der Waals surface area contributed by atoms with Gasteiger partial charge in [0.15, 0.2) is 5.69 Å². The van der Waals surface area contributed by atoms with Gasteiger partial charge in [0.1, 0.15) is 5.60 Å². The maximum Gasteiger partial charge on any atom is 0.410 e. The Bertz CT molecular complexity index is 1090. The Morgan fingerprint density at radius 1 is 1.09 bits per heavy atom. The number of hydrogen-bond acceptors (Lipinski definition) is 4. The molecule has 1 fully saturated rings. The Labute approximate surface area is 208 Å². The van der Waals surface area contributed by atoms with Gasteiger partial charge < -0.3 is 19.3 Å². The van der Waals surface area contributed by atoms with E-state index in [4.69, 9.17) is 16.0 Å². The van der Waals surface area contributed by atoms with E-state index in [1.807, 2.05) is 57.2 Å². The first-order valence-electron chi connectivity index (χ1n) is 11.9. The second-order valence-electron chi connectivity index (χ2n) is 10.2. The number of nitrogens with zero attached hydrogens (tertiary/aromatic N) is 3. The normalized spacial score (nSPS) is 14.3. The highest BCUT2D eigenvalue weighted by Crippen LogP contribution is 2.27. The molecule has 1 saturated heterocycles. The molecule has 1 heterocycles. The molecule has 0 aromatic heterocycles. The highest BCUT2D eigenvalue weighted by atomic mass is 16.6. The largest absolute Gasteiger partial charge is 0.444 e. The summed E-state index contributed by atoms with van der Waals surface area (Å²) >= 11 is 0. The maximum atomic E-state index is 12.7. The third-order valence-corrected chi connectivity index (χ3v) is 5.84. The molecule has 1 aliphatic rings. The van der Waals surface area contributed by atoms with Gasteiger partial charge in [0.05, 0.1) is 13.2 Å². The number of carbonyl (C=O) groups excluding carboxylic acids is 2. The minimum atomic E-state index is -0.490. The Balaban J connectivity index is 1.64. The van der Waals surface area contributed by atoms with Gasteiger partial charge in [-0.25, -0.2) is 9.64 Å². The van der Waals surface area contributed by atoms with Crippen LogP contribution in [0.5, 0.6) is 0 Å². The Kier molecular flexibility index (Phi) is 8.52. The smallest absolute Gasteiger partial charge is 0.410 e. The molecule has 0 aliphatic carbocycles. The molecule has 0 atom stereocenters. The molecule has 2 aromatic rings. The van der Waals surface area contributed by atoms with E-state index in [-0.39, 0.29) is 12.0 Å². The lowest BCUT2D eigenvalue weighted by molar-refractivity contribution is 0.0105. The van der Waals surface area contributed by atoms with Crippen LogP contribution in [0.15, 0.2) is 42.5 Å². The number of hydrogen-bond donors (Lipinski definition) is 0. The van der Waals surface area contributed by atoms with Crippen LogP contribution in [0.1, 0.15) is 49.5 Å². The monoisotopic (exact) mass is 477 g/mol. The van der Waals surface area contributed by atoms with Crippen LogP contribution in [0.4, 0.5) is 10.5 Å². The molecule has 0 unspecified atom stereocenters. The van der Waals surface area contributed by atoms with Crippen LogP contribution >= 0.6 is 0 Å². The molecule has 35 heavy (non-hydrogen) atoms. The lowest BCUT2D eigenvalue weighted by Crippen LogP contribution is -2.42. The maximum absolute atomic E-state index is 12.7. The van der Waals surface area contributed by atoms with E-state index >= 15 is 0 Å². The van der Waals surface area contributed by atoms with Crippen molar-refractivity contribution >= 4 is 17.7 Å². The number of piperidine rings is 1. The molecular weight excluding hydrogens is 442 g/mol. The van der Waals surface area contributed by atoms with E-state index in [1.54, 1.807) is 30.0 Å². The fraction of sp³-hybridized carbons (Fsp3) is 0.464. The van der Waals surface area contributed by atoms with Crippen molar-refractivity contribution in [3.05, 3.63) is 65.0 Å². The fourth-order valence-corrected chi connectivity index (χ4v) is 4.03. The van der Waals surface area contributed by atoms with Crippen molar-refractivity contribution in [1.29, 1.82) is 0 Å². The first kappa shape index (κ1) is 26.2. The summed E-state index contributed by atoms with van der Waals surface area (Å²) in [7, 11) is 3.46. The Morgan fingerprint density at radius 2 is 1.80 bits per heavy atom. The van der Waals surface area contributed by atoms with Crippen LogP contribution in [-0.4, -0.2) is 61.2 Å². The van der Waals surface area contributed by atoms with Crippen LogP contribution < -0.4 is 0 Å². The molecule has 7 nitrogen and oxygen atoms in total. The zero-order valence-corrected chi connectivity index (χ0v) is 21.3. The zero-order valence-electron chi connectivity index (χ0n) is 21.3. The minimum absolute atomic E-state index is 0.0797. The van der Waals surface area contributed by atoms with Crippen molar-refractivity contribution in [2.24, 2.45) is 5.92 Å². The third kappa shape index (κ3) is 7.56. The van der Waals surface area contributed by atoms with E-state index in [0.29, 0.717) is 43.5 Å². The lowest BCUT2D eigenvalue weighted by atomic mass is 9.97. The van der Waals surface area contributed by atoms with Gasteiger partial charge in [-0.15, -0.1) is 0 Å². The van der Waals surface area contributed by atoms with Crippen LogP contribution in [0.25, 0.3) is 16.0 Å². The summed E-state index contributed by atoms with van der Waals surface area (Å²) in [6.07, 6.45) is 1.48. The first-order chi connectivity index (χ1) is 16.6. The van der Waals surface area contributed by atoms with E-state index in [1.165, 1.54) is 0 Å². The third-order valence-electron chi connectivity index (χ3n) is 5.84. The highest BCUT2D eigenvalue weighted by molar-refractivity contribution is 5.95. The number of amides is 2. The quantitative estimate of drug-likeness (QED) is 0.496. The average molecular weight is 478 g/mol. The highest BCUT2D eigenvalue weighted by Gasteiger charge is 2.27. The van der Waals surface area contributed by atoms with Gasteiger partial charge in [-0.05, 0) is 80.5 Å². The van der Waals surface area contributed by atoms with Crippen LogP contribution in [0.2, 0.25) is 0 Å². The summed E-state index contributed by atoms with van der Waals surface area (Å²) in [4.78, 5) is 31.8. The van der Waals surface area contributed by atoms with E-state index in [9.17, 15) is 9.59 Å². The van der Waals surface area contributed by atoms with Gasteiger partial charge in [-0.2, -0.15) is 0 Å². The fourth-order valence-electron chi connectivity index (χ4n) is 4.03. The number of rotatable bonds is 6. The molecule has 7 heteroatoms. The van der Waals surface area contributed by atoms with Gasteiger partial charge in [0, 0.05) is 39.4 Å². The van der Waals surface area contributed by atoms with E-state index in [2.05, 4.69) is 4.85 Å².